The first-order valence-corrected chi connectivity index (χ1v) is 9.14. The highest BCUT2D eigenvalue weighted by atomic mass is 35.5. The number of hydrogen-bond acceptors (Lipinski definition) is 3. The highest BCUT2D eigenvalue weighted by Crippen LogP contribution is 2.34. The molecule has 3 aromatic rings. The maximum atomic E-state index is 12.8. The van der Waals surface area contributed by atoms with Crippen LogP contribution in [-0.4, -0.2) is 15.6 Å². The fourth-order valence-electron chi connectivity index (χ4n) is 3.43. The Morgan fingerprint density at radius 2 is 1.92 bits per heavy atom. The molecule has 1 atom stereocenters. The number of carbonyl (C=O) groups is 1. The molecule has 0 radical (unpaired) electrons. The van der Waals surface area contributed by atoms with Gasteiger partial charge in [0.25, 0.3) is 0 Å². The highest BCUT2D eigenvalue weighted by Gasteiger charge is 2.31. The van der Waals surface area contributed by atoms with Crippen LogP contribution < -0.4 is 5.32 Å². The average Bonchev–Trinajstić information content (AvgIpc) is 2.97. The third-order valence-corrected chi connectivity index (χ3v) is 5.18. The zero-order valence-electron chi connectivity index (χ0n) is 14.8. The van der Waals surface area contributed by atoms with Gasteiger partial charge in [0, 0.05) is 17.1 Å². The van der Waals surface area contributed by atoms with Crippen molar-refractivity contribution in [1.29, 1.82) is 0 Å². The first kappa shape index (κ1) is 16.9. The first-order valence-electron chi connectivity index (χ1n) is 8.76. The summed E-state index contributed by atoms with van der Waals surface area (Å²) in [4.78, 5) is 12.8. The van der Waals surface area contributed by atoms with E-state index in [9.17, 15) is 4.79 Å². The second kappa shape index (κ2) is 6.61. The molecule has 4 nitrogen and oxygen atoms in total. The summed E-state index contributed by atoms with van der Waals surface area (Å²) in [5.41, 5.74) is 4.47. The number of aryl methyl sites for hydroxylation is 1. The van der Waals surface area contributed by atoms with Gasteiger partial charge in [-0.1, -0.05) is 42.8 Å². The van der Waals surface area contributed by atoms with Gasteiger partial charge in [-0.25, -0.2) is 4.68 Å². The molecular weight excluding hydrogens is 346 g/mol. The number of rotatable bonds is 3. The molecular formula is C21H20ClN3O. The van der Waals surface area contributed by atoms with Crippen LogP contribution in [0, 0.1) is 12.8 Å². The topological polar surface area (TPSA) is 46.9 Å². The number of anilines is 2. The second-order valence-corrected chi connectivity index (χ2v) is 7.35. The molecule has 0 spiro atoms. The number of para-hydroxylation sites is 1. The van der Waals surface area contributed by atoms with Crippen LogP contribution in [0.1, 0.15) is 35.0 Å². The maximum absolute atomic E-state index is 12.8. The smallest absolute Gasteiger partial charge is 0.168 e. The molecule has 1 aliphatic rings. The molecule has 0 fully saturated rings. The van der Waals surface area contributed by atoms with Gasteiger partial charge < -0.3 is 5.32 Å². The number of Topliss-reactive ketones (excluding diaryl/α,β-unsaturated/α-hetero) is 1. The van der Waals surface area contributed by atoms with E-state index in [1.807, 2.05) is 60.1 Å². The van der Waals surface area contributed by atoms with Crippen LogP contribution >= 0.6 is 11.6 Å². The highest BCUT2D eigenvalue weighted by molar-refractivity contribution is 6.31. The number of carbonyl (C=O) groups excluding carboxylic acids is 1. The number of halogens is 1. The molecule has 26 heavy (non-hydrogen) atoms. The molecule has 1 aliphatic carbocycles. The Labute approximate surface area is 157 Å². The van der Waals surface area contributed by atoms with E-state index in [-0.39, 0.29) is 5.78 Å². The molecule has 0 aliphatic heterocycles. The SMILES string of the molecule is Cc1ccc(Nc2nn(-c3ccccc3)c3c2C(=O)C[C@H](C)C3)cc1Cl. The Morgan fingerprint density at radius 3 is 2.65 bits per heavy atom. The van der Waals surface area contributed by atoms with Crippen LogP contribution in [0.5, 0.6) is 0 Å². The molecule has 1 N–H and O–H groups in total. The summed E-state index contributed by atoms with van der Waals surface area (Å²) >= 11 is 6.24. The standard InChI is InChI=1S/C21H20ClN3O/c1-13-10-18-20(19(26)11-13)21(23-15-9-8-14(2)17(22)12-15)24-25(18)16-6-4-3-5-7-16/h3-9,12-13H,10-11H2,1-2H3,(H,23,24)/t13-/m1/s1. The van der Waals surface area contributed by atoms with E-state index in [0.29, 0.717) is 28.7 Å². The minimum absolute atomic E-state index is 0.140. The van der Waals surface area contributed by atoms with Crippen molar-refractivity contribution >= 4 is 28.9 Å². The fourth-order valence-corrected chi connectivity index (χ4v) is 3.61. The Bertz CT molecular complexity index is 978. The number of nitrogens with zero attached hydrogens (tertiary/aromatic N) is 2. The third-order valence-electron chi connectivity index (χ3n) is 4.77. The van der Waals surface area contributed by atoms with Crippen LogP contribution in [0.4, 0.5) is 11.5 Å². The Morgan fingerprint density at radius 1 is 1.15 bits per heavy atom. The average molecular weight is 366 g/mol. The van der Waals surface area contributed by atoms with Crippen molar-refractivity contribution in [2.75, 3.05) is 5.32 Å². The molecule has 2 aromatic carbocycles. The van der Waals surface area contributed by atoms with Crippen molar-refractivity contribution in [1.82, 2.24) is 9.78 Å². The number of nitrogens with one attached hydrogen (secondary N) is 1. The predicted octanol–water partition coefficient (Wildman–Crippen LogP) is 5.34. The Balaban J connectivity index is 1.82. The summed E-state index contributed by atoms with van der Waals surface area (Å²) in [6.07, 6.45) is 1.39. The van der Waals surface area contributed by atoms with Crippen molar-refractivity contribution in [3.8, 4) is 5.69 Å². The minimum Gasteiger partial charge on any atom is -0.338 e. The number of fused-ring (bicyclic) bond motifs is 1. The van der Waals surface area contributed by atoms with Crippen LogP contribution in [0.3, 0.4) is 0 Å². The van der Waals surface area contributed by atoms with Gasteiger partial charge in [0.2, 0.25) is 0 Å². The molecule has 0 unspecified atom stereocenters. The molecule has 1 aromatic heterocycles. The lowest BCUT2D eigenvalue weighted by Gasteiger charge is -2.19. The van der Waals surface area contributed by atoms with Crippen LogP contribution in [0.15, 0.2) is 48.5 Å². The predicted molar refractivity (Wildman–Crippen MR) is 105 cm³/mol. The molecule has 0 saturated carbocycles. The number of ketones is 1. The van der Waals surface area contributed by atoms with E-state index in [1.165, 1.54) is 0 Å². The summed E-state index contributed by atoms with van der Waals surface area (Å²) in [6.45, 7) is 4.07. The lowest BCUT2D eigenvalue weighted by atomic mass is 9.87. The van der Waals surface area contributed by atoms with Gasteiger partial charge in [0.05, 0.1) is 16.9 Å². The van der Waals surface area contributed by atoms with Gasteiger partial charge in [0.15, 0.2) is 11.6 Å². The second-order valence-electron chi connectivity index (χ2n) is 6.94. The number of benzene rings is 2. The van der Waals surface area contributed by atoms with Gasteiger partial charge >= 0.3 is 0 Å². The molecule has 1 heterocycles. The quantitative estimate of drug-likeness (QED) is 0.681. The molecule has 0 amide bonds. The fraction of sp³-hybridized carbons (Fsp3) is 0.238. The van der Waals surface area contributed by atoms with Crippen LogP contribution in [0.25, 0.3) is 5.69 Å². The summed E-state index contributed by atoms with van der Waals surface area (Å²) in [5, 5.41) is 8.72. The van der Waals surface area contributed by atoms with E-state index in [4.69, 9.17) is 16.7 Å². The molecule has 5 heteroatoms. The number of aromatic nitrogens is 2. The normalized spacial score (nSPS) is 16.4. The van der Waals surface area contributed by atoms with Crippen molar-refractivity contribution < 1.29 is 4.79 Å². The van der Waals surface area contributed by atoms with Crippen LogP contribution in [0.2, 0.25) is 5.02 Å². The van der Waals surface area contributed by atoms with E-state index >= 15 is 0 Å². The molecule has 132 valence electrons. The zero-order chi connectivity index (χ0) is 18.3. The maximum Gasteiger partial charge on any atom is 0.168 e. The van der Waals surface area contributed by atoms with Gasteiger partial charge in [0.1, 0.15) is 0 Å². The summed E-state index contributed by atoms with van der Waals surface area (Å²) in [5.74, 6) is 1.05. The first-order chi connectivity index (χ1) is 12.5. The largest absolute Gasteiger partial charge is 0.338 e. The summed E-state index contributed by atoms with van der Waals surface area (Å²) < 4.78 is 1.89. The molecule has 0 saturated heterocycles. The summed E-state index contributed by atoms with van der Waals surface area (Å²) in [6, 6.07) is 15.7. The van der Waals surface area contributed by atoms with E-state index in [2.05, 4.69) is 12.2 Å². The lowest BCUT2D eigenvalue weighted by Crippen LogP contribution is -2.19. The van der Waals surface area contributed by atoms with Crippen molar-refractivity contribution in [2.24, 2.45) is 5.92 Å². The van der Waals surface area contributed by atoms with E-state index in [0.717, 1.165) is 29.1 Å². The van der Waals surface area contributed by atoms with Gasteiger partial charge in [-0.15, -0.1) is 5.10 Å². The van der Waals surface area contributed by atoms with Crippen molar-refractivity contribution in [3.63, 3.8) is 0 Å². The third kappa shape index (κ3) is 3.01. The molecule has 0 bridgehead atoms. The van der Waals surface area contributed by atoms with Crippen LogP contribution in [-0.2, 0) is 6.42 Å². The van der Waals surface area contributed by atoms with Gasteiger partial charge in [-0.2, -0.15) is 0 Å². The Kier molecular flexibility index (Phi) is 4.29. The monoisotopic (exact) mass is 365 g/mol. The molecule has 4 rings (SSSR count). The van der Waals surface area contributed by atoms with E-state index < -0.39 is 0 Å². The lowest BCUT2D eigenvalue weighted by molar-refractivity contribution is 0.0953. The number of hydrogen-bond donors (Lipinski definition) is 1. The zero-order valence-corrected chi connectivity index (χ0v) is 15.5. The van der Waals surface area contributed by atoms with Gasteiger partial charge in [-0.3, -0.25) is 4.79 Å². The van der Waals surface area contributed by atoms with E-state index in [1.54, 1.807) is 0 Å². The van der Waals surface area contributed by atoms with Crippen molar-refractivity contribution in [3.05, 3.63) is 70.4 Å². The van der Waals surface area contributed by atoms with Crippen molar-refractivity contribution in [2.45, 2.75) is 26.7 Å². The minimum atomic E-state index is 0.140. The Hall–Kier alpha value is -2.59. The summed E-state index contributed by atoms with van der Waals surface area (Å²) in [7, 11) is 0. The van der Waals surface area contributed by atoms with Gasteiger partial charge in [-0.05, 0) is 49.1 Å².